The third-order valence-corrected chi connectivity index (χ3v) is 5.69. The zero-order valence-corrected chi connectivity index (χ0v) is 17.5. The van der Waals surface area contributed by atoms with Gasteiger partial charge in [0, 0.05) is 23.1 Å². The fourth-order valence-electron chi connectivity index (χ4n) is 3.29. The SMILES string of the molecule is CCOc1ccc(-c2nc(CN3C(=O)c4ccc([N+](=O)[O-])cc4C3=O)cs2)cc1OC. The number of hydrogen-bond donors (Lipinski definition) is 0. The van der Waals surface area contributed by atoms with Crippen molar-refractivity contribution in [2.45, 2.75) is 13.5 Å². The normalized spacial score (nSPS) is 12.8. The minimum Gasteiger partial charge on any atom is -0.493 e. The summed E-state index contributed by atoms with van der Waals surface area (Å²) in [5.41, 5.74) is 1.31. The van der Waals surface area contributed by atoms with Gasteiger partial charge in [0.25, 0.3) is 17.5 Å². The van der Waals surface area contributed by atoms with Crippen LogP contribution in [0, 0.1) is 10.1 Å². The first-order valence-electron chi connectivity index (χ1n) is 9.33. The van der Waals surface area contributed by atoms with Crippen LogP contribution in [0.5, 0.6) is 11.5 Å². The van der Waals surface area contributed by atoms with Crippen LogP contribution in [0.2, 0.25) is 0 Å². The Morgan fingerprint density at radius 1 is 1.10 bits per heavy atom. The van der Waals surface area contributed by atoms with Crippen molar-refractivity contribution < 1.29 is 24.0 Å². The molecule has 2 heterocycles. The number of aromatic nitrogens is 1. The lowest BCUT2D eigenvalue weighted by molar-refractivity contribution is -0.384. The number of ether oxygens (including phenoxy) is 2. The summed E-state index contributed by atoms with van der Waals surface area (Å²) in [6.45, 7) is 2.38. The lowest BCUT2D eigenvalue weighted by atomic mass is 10.1. The van der Waals surface area contributed by atoms with Crippen LogP contribution in [-0.4, -0.2) is 40.3 Å². The van der Waals surface area contributed by atoms with Crippen LogP contribution in [-0.2, 0) is 6.54 Å². The number of benzene rings is 2. The Hall–Kier alpha value is -3.79. The minimum absolute atomic E-state index is 0.0230. The average molecular weight is 439 g/mol. The summed E-state index contributed by atoms with van der Waals surface area (Å²) in [5, 5.41) is 13.4. The third-order valence-electron chi connectivity index (χ3n) is 4.75. The molecular formula is C21H17N3O6S. The highest BCUT2D eigenvalue weighted by Crippen LogP contribution is 2.34. The molecule has 3 aromatic rings. The molecule has 0 aliphatic carbocycles. The van der Waals surface area contributed by atoms with Crippen molar-refractivity contribution in [1.82, 2.24) is 9.88 Å². The molecule has 9 nitrogen and oxygen atoms in total. The highest BCUT2D eigenvalue weighted by Gasteiger charge is 2.37. The largest absolute Gasteiger partial charge is 0.493 e. The van der Waals surface area contributed by atoms with Crippen LogP contribution in [0.4, 0.5) is 5.69 Å². The molecule has 0 unspecified atom stereocenters. The second-order valence-corrected chi connectivity index (χ2v) is 7.48. The summed E-state index contributed by atoms with van der Waals surface area (Å²) in [7, 11) is 1.56. The predicted molar refractivity (Wildman–Crippen MR) is 113 cm³/mol. The van der Waals surface area contributed by atoms with E-state index in [1.807, 2.05) is 19.1 Å². The zero-order valence-electron chi connectivity index (χ0n) is 16.7. The first-order valence-corrected chi connectivity index (χ1v) is 10.2. The number of thiazole rings is 1. The molecule has 1 aromatic heterocycles. The second kappa shape index (κ2) is 8.15. The van der Waals surface area contributed by atoms with Crippen LogP contribution >= 0.6 is 11.3 Å². The number of nitro benzene ring substituents is 1. The van der Waals surface area contributed by atoms with Gasteiger partial charge in [0.1, 0.15) is 5.01 Å². The van der Waals surface area contributed by atoms with E-state index in [0.717, 1.165) is 16.5 Å². The quantitative estimate of drug-likeness (QED) is 0.311. The first kappa shape index (κ1) is 20.5. The summed E-state index contributed by atoms with van der Waals surface area (Å²) >= 11 is 1.37. The van der Waals surface area contributed by atoms with Gasteiger partial charge in [-0.25, -0.2) is 4.98 Å². The van der Waals surface area contributed by atoms with E-state index in [1.165, 1.54) is 23.5 Å². The van der Waals surface area contributed by atoms with Crippen molar-refractivity contribution in [2.24, 2.45) is 0 Å². The maximum atomic E-state index is 12.7. The van der Waals surface area contributed by atoms with E-state index < -0.39 is 16.7 Å². The molecule has 0 bridgehead atoms. The van der Waals surface area contributed by atoms with Crippen molar-refractivity contribution in [1.29, 1.82) is 0 Å². The van der Waals surface area contributed by atoms with Crippen LogP contribution in [0.1, 0.15) is 33.3 Å². The van der Waals surface area contributed by atoms with E-state index in [-0.39, 0.29) is 23.4 Å². The molecule has 0 saturated carbocycles. The Morgan fingerprint density at radius 3 is 2.58 bits per heavy atom. The van der Waals surface area contributed by atoms with Crippen molar-refractivity contribution in [3.63, 3.8) is 0 Å². The maximum Gasteiger partial charge on any atom is 0.270 e. The summed E-state index contributed by atoms with van der Waals surface area (Å²) in [6, 6.07) is 9.14. The molecule has 2 aromatic carbocycles. The van der Waals surface area contributed by atoms with Crippen molar-refractivity contribution >= 4 is 28.8 Å². The molecule has 0 spiro atoms. The lowest BCUT2D eigenvalue weighted by Crippen LogP contribution is -2.29. The molecule has 0 radical (unpaired) electrons. The number of carbonyl (C=O) groups excluding carboxylic acids is 2. The van der Waals surface area contributed by atoms with Gasteiger partial charge >= 0.3 is 0 Å². The van der Waals surface area contributed by atoms with Gasteiger partial charge in [0.15, 0.2) is 11.5 Å². The molecule has 31 heavy (non-hydrogen) atoms. The average Bonchev–Trinajstić information content (AvgIpc) is 3.33. The third kappa shape index (κ3) is 3.73. The number of nitrogens with zero attached hydrogens (tertiary/aromatic N) is 3. The van der Waals surface area contributed by atoms with Gasteiger partial charge in [0.05, 0.1) is 42.0 Å². The molecule has 1 aliphatic rings. The van der Waals surface area contributed by atoms with Gasteiger partial charge in [-0.2, -0.15) is 0 Å². The molecule has 2 amide bonds. The maximum absolute atomic E-state index is 12.7. The molecular weight excluding hydrogens is 422 g/mol. The number of rotatable bonds is 7. The fraction of sp³-hybridized carbons (Fsp3) is 0.190. The number of fused-ring (bicyclic) bond motifs is 1. The summed E-state index contributed by atoms with van der Waals surface area (Å²) in [4.78, 5) is 41.3. The zero-order chi connectivity index (χ0) is 22.1. The van der Waals surface area contributed by atoms with Gasteiger partial charge in [-0.1, -0.05) is 0 Å². The highest BCUT2D eigenvalue weighted by molar-refractivity contribution is 7.13. The van der Waals surface area contributed by atoms with Crippen molar-refractivity contribution in [3.8, 4) is 22.1 Å². The molecule has 10 heteroatoms. The molecule has 0 N–H and O–H groups in total. The Morgan fingerprint density at radius 2 is 1.87 bits per heavy atom. The summed E-state index contributed by atoms with van der Waals surface area (Å²) in [5.74, 6) is 0.150. The number of imide groups is 1. The predicted octanol–water partition coefficient (Wildman–Crippen LogP) is 3.92. The highest BCUT2D eigenvalue weighted by atomic mass is 32.1. The fourth-order valence-corrected chi connectivity index (χ4v) is 4.09. The van der Waals surface area contributed by atoms with Crippen LogP contribution < -0.4 is 9.47 Å². The van der Waals surface area contributed by atoms with E-state index in [0.29, 0.717) is 28.8 Å². The number of nitro groups is 1. The number of non-ortho nitro benzene ring substituents is 1. The summed E-state index contributed by atoms with van der Waals surface area (Å²) < 4.78 is 10.9. The number of amides is 2. The molecule has 158 valence electrons. The molecule has 1 aliphatic heterocycles. The monoisotopic (exact) mass is 439 g/mol. The Bertz CT molecular complexity index is 1210. The van der Waals surface area contributed by atoms with Gasteiger partial charge in [0.2, 0.25) is 0 Å². The number of carbonyl (C=O) groups is 2. The summed E-state index contributed by atoms with van der Waals surface area (Å²) in [6.07, 6.45) is 0. The van der Waals surface area contributed by atoms with Crippen LogP contribution in [0.3, 0.4) is 0 Å². The van der Waals surface area contributed by atoms with E-state index in [9.17, 15) is 19.7 Å². The Balaban J connectivity index is 1.56. The van der Waals surface area contributed by atoms with Crippen molar-refractivity contribution in [3.05, 3.63) is 68.7 Å². The van der Waals surface area contributed by atoms with Gasteiger partial charge in [-0.05, 0) is 31.2 Å². The smallest absolute Gasteiger partial charge is 0.270 e. The molecule has 0 saturated heterocycles. The number of hydrogen-bond acceptors (Lipinski definition) is 8. The topological polar surface area (TPSA) is 112 Å². The van der Waals surface area contributed by atoms with Gasteiger partial charge < -0.3 is 9.47 Å². The second-order valence-electron chi connectivity index (χ2n) is 6.63. The molecule has 0 fully saturated rings. The van der Waals surface area contributed by atoms with Gasteiger partial charge in [-0.3, -0.25) is 24.6 Å². The number of methoxy groups -OCH3 is 1. The van der Waals surface area contributed by atoms with E-state index in [4.69, 9.17) is 9.47 Å². The van der Waals surface area contributed by atoms with E-state index >= 15 is 0 Å². The van der Waals surface area contributed by atoms with Crippen LogP contribution in [0.15, 0.2) is 41.8 Å². The first-order chi connectivity index (χ1) is 14.9. The van der Waals surface area contributed by atoms with Crippen molar-refractivity contribution in [2.75, 3.05) is 13.7 Å². The Labute approximate surface area is 181 Å². The van der Waals surface area contributed by atoms with E-state index in [2.05, 4.69) is 4.98 Å². The Kier molecular flexibility index (Phi) is 5.38. The van der Waals surface area contributed by atoms with Gasteiger partial charge in [-0.15, -0.1) is 11.3 Å². The van der Waals surface area contributed by atoms with Crippen LogP contribution in [0.25, 0.3) is 10.6 Å². The lowest BCUT2D eigenvalue weighted by Gasteiger charge is -2.11. The molecule has 0 atom stereocenters. The van der Waals surface area contributed by atoms with E-state index in [1.54, 1.807) is 18.6 Å². The standard InChI is InChI=1S/C21H17N3O6S/c1-3-30-17-7-4-12(8-18(17)29-2)19-22-13(11-31-19)10-23-20(25)15-6-5-14(24(27)28)9-16(15)21(23)26/h4-9,11H,3,10H2,1-2H3. The molecule has 4 rings (SSSR count). The minimum atomic E-state index is -0.599.